The summed E-state index contributed by atoms with van der Waals surface area (Å²) in [5.41, 5.74) is 1.83. The van der Waals surface area contributed by atoms with E-state index < -0.39 is 0 Å². The topological polar surface area (TPSA) is 93.3 Å². The van der Waals surface area contributed by atoms with Crippen molar-refractivity contribution in [2.75, 3.05) is 6.54 Å². The lowest BCUT2D eigenvalue weighted by atomic mass is 9.58. The van der Waals surface area contributed by atoms with E-state index in [1.807, 2.05) is 31.3 Å². The van der Waals surface area contributed by atoms with E-state index in [0.717, 1.165) is 18.5 Å². The first-order chi connectivity index (χ1) is 13.9. The number of rotatable bonds is 6. The standard InChI is InChI=1S/C21H26N6O2/c1-4-26-13-14(10-23-26)19(28)22-11-15-9-18(21(15,2)3)25-20(29)16-12-24-27-8-6-5-7-17(16)27/h5-8,10,12-13,15,18H,4,9,11H2,1-3H3,(H,22,28)(H,25,29). The number of nitrogens with one attached hydrogen (secondary N) is 2. The number of aryl methyl sites for hydroxylation is 1. The number of hydrogen-bond acceptors (Lipinski definition) is 4. The minimum absolute atomic E-state index is 0.0541. The molecule has 4 rings (SSSR count). The van der Waals surface area contributed by atoms with Crippen LogP contribution in [0.1, 0.15) is 47.9 Å². The number of nitrogens with zero attached hydrogens (tertiary/aromatic N) is 4. The monoisotopic (exact) mass is 394 g/mol. The van der Waals surface area contributed by atoms with Gasteiger partial charge in [0.05, 0.1) is 29.0 Å². The fraction of sp³-hybridized carbons (Fsp3) is 0.429. The summed E-state index contributed by atoms with van der Waals surface area (Å²) in [6.45, 7) is 7.54. The lowest BCUT2D eigenvalue weighted by Crippen LogP contribution is -2.60. The molecule has 0 bridgehead atoms. The second-order valence-corrected chi connectivity index (χ2v) is 8.16. The van der Waals surface area contributed by atoms with Crippen molar-refractivity contribution in [3.05, 3.63) is 54.1 Å². The van der Waals surface area contributed by atoms with E-state index in [0.29, 0.717) is 23.6 Å². The number of carbonyl (C=O) groups excluding carboxylic acids is 2. The highest BCUT2D eigenvalue weighted by molar-refractivity contribution is 6.00. The second kappa shape index (κ2) is 7.35. The summed E-state index contributed by atoms with van der Waals surface area (Å²) in [5.74, 6) is 0.0694. The molecule has 0 spiro atoms. The van der Waals surface area contributed by atoms with Gasteiger partial charge in [-0.25, -0.2) is 4.52 Å². The van der Waals surface area contributed by atoms with Crippen LogP contribution >= 0.6 is 0 Å². The molecule has 2 N–H and O–H groups in total. The molecule has 0 radical (unpaired) electrons. The molecule has 0 aliphatic heterocycles. The van der Waals surface area contributed by atoms with Crippen LogP contribution < -0.4 is 10.6 Å². The molecule has 0 saturated heterocycles. The molecule has 29 heavy (non-hydrogen) atoms. The number of pyridine rings is 1. The Morgan fingerprint density at radius 1 is 1.21 bits per heavy atom. The van der Waals surface area contributed by atoms with Crippen molar-refractivity contribution in [1.82, 2.24) is 30.0 Å². The molecule has 2 unspecified atom stereocenters. The molecule has 1 aliphatic rings. The molecule has 1 aliphatic carbocycles. The molecule has 152 valence electrons. The third kappa shape index (κ3) is 3.50. The third-order valence-corrected chi connectivity index (χ3v) is 6.18. The van der Waals surface area contributed by atoms with Crippen LogP contribution in [0.5, 0.6) is 0 Å². The maximum atomic E-state index is 12.8. The first kappa shape index (κ1) is 19.2. The van der Waals surface area contributed by atoms with E-state index in [1.54, 1.807) is 27.8 Å². The van der Waals surface area contributed by atoms with Gasteiger partial charge in [0.2, 0.25) is 0 Å². The first-order valence-electron chi connectivity index (χ1n) is 9.94. The van der Waals surface area contributed by atoms with Gasteiger partial charge in [-0.1, -0.05) is 19.9 Å². The summed E-state index contributed by atoms with van der Waals surface area (Å²) in [6, 6.07) is 5.71. The summed E-state index contributed by atoms with van der Waals surface area (Å²) >= 11 is 0. The Kier molecular flexibility index (Phi) is 4.86. The molecule has 3 heterocycles. The number of amides is 2. The Morgan fingerprint density at radius 2 is 2.03 bits per heavy atom. The Labute approximate surface area is 169 Å². The Bertz CT molecular complexity index is 1050. The predicted molar refractivity (Wildman–Crippen MR) is 109 cm³/mol. The first-order valence-corrected chi connectivity index (χ1v) is 9.94. The van der Waals surface area contributed by atoms with Crippen LogP contribution in [0.2, 0.25) is 0 Å². The highest BCUT2D eigenvalue weighted by atomic mass is 16.2. The fourth-order valence-corrected chi connectivity index (χ4v) is 3.92. The summed E-state index contributed by atoms with van der Waals surface area (Å²) in [5, 5.41) is 14.5. The normalized spacial score (nSPS) is 20.2. The van der Waals surface area contributed by atoms with Crippen molar-refractivity contribution >= 4 is 17.3 Å². The zero-order chi connectivity index (χ0) is 20.6. The highest BCUT2D eigenvalue weighted by Crippen LogP contribution is 2.46. The highest BCUT2D eigenvalue weighted by Gasteiger charge is 2.48. The van der Waals surface area contributed by atoms with Crippen LogP contribution in [0.4, 0.5) is 0 Å². The maximum Gasteiger partial charge on any atom is 0.255 e. The van der Waals surface area contributed by atoms with E-state index >= 15 is 0 Å². The molecule has 0 aromatic carbocycles. The van der Waals surface area contributed by atoms with Gasteiger partial charge in [0.15, 0.2) is 0 Å². The minimum Gasteiger partial charge on any atom is -0.352 e. The van der Waals surface area contributed by atoms with Crippen LogP contribution in [-0.2, 0) is 6.54 Å². The average molecular weight is 394 g/mol. The average Bonchev–Trinajstić information content (AvgIpc) is 3.36. The molecule has 2 atom stereocenters. The molecular weight excluding hydrogens is 368 g/mol. The van der Waals surface area contributed by atoms with Crippen molar-refractivity contribution in [1.29, 1.82) is 0 Å². The number of fused-ring (bicyclic) bond motifs is 1. The summed E-state index contributed by atoms with van der Waals surface area (Å²) in [6.07, 6.45) is 7.59. The smallest absolute Gasteiger partial charge is 0.255 e. The van der Waals surface area contributed by atoms with Gasteiger partial charge in [0.1, 0.15) is 0 Å². The van der Waals surface area contributed by atoms with E-state index in [-0.39, 0.29) is 23.3 Å². The van der Waals surface area contributed by atoms with Crippen molar-refractivity contribution in [2.45, 2.75) is 39.8 Å². The molecule has 8 heteroatoms. The van der Waals surface area contributed by atoms with Crippen molar-refractivity contribution in [3.8, 4) is 0 Å². The number of carbonyl (C=O) groups is 2. The minimum atomic E-state index is -0.112. The van der Waals surface area contributed by atoms with Gasteiger partial charge in [-0.2, -0.15) is 10.2 Å². The van der Waals surface area contributed by atoms with Gasteiger partial charge < -0.3 is 10.6 Å². The lowest BCUT2D eigenvalue weighted by Gasteiger charge is -2.52. The van der Waals surface area contributed by atoms with Gasteiger partial charge in [-0.3, -0.25) is 14.3 Å². The van der Waals surface area contributed by atoms with E-state index in [1.165, 1.54) is 0 Å². The predicted octanol–water partition coefficient (Wildman–Crippen LogP) is 2.13. The van der Waals surface area contributed by atoms with E-state index in [4.69, 9.17) is 0 Å². The Morgan fingerprint density at radius 3 is 2.76 bits per heavy atom. The van der Waals surface area contributed by atoms with Gasteiger partial charge in [0, 0.05) is 31.5 Å². The molecule has 3 aromatic rings. The zero-order valence-corrected chi connectivity index (χ0v) is 16.9. The van der Waals surface area contributed by atoms with Crippen molar-refractivity contribution in [3.63, 3.8) is 0 Å². The van der Waals surface area contributed by atoms with Crippen LogP contribution in [0.25, 0.3) is 5.52 Å². The summed E-state index contributed by atoms with van der Waals surface area (Å²) < 4.78 is 3.42. The van der Waals surface area contributed by atoms with Gasteiger partial charge in [-0.15, -0.1) is 0 Å². The summed E-state index contributed by atoms with van der Waals surface area (Å²) in [7, 11) is 0. The molecule has 1 saturated carbocycles. The van der Waals surface area contributed by atoms with Gasteiger partial charge in [-0.05, 0) is 36.8 Å². The van der Waals surface area contributed by atoms with Gasteiger partial charge in [0.25, 0.3) is 11.8 Å². The maximum absolute atomic E-state index is 12.8. The van der Waals surface area contributed by atoms with Crippen LogP contribution in [-0.4, -0.2) is 43.8 Å². The SMILES string of the molecule is CCn1cc(C(=O)NCC2CC(NC(=O)c3cnn4ccccc34)C2(C)C)cn1. The molecular formula is C21H26N6O2. The number of hydrogen-bond donors (Lipinski definition) is 2. The molecule has 3 aromatic heterocycles. The summed E-state index contributed by atoms with van der Waals surface area (Å²) in [4.78, 5) is 25.1. The largest absolute Gasteiger partial charge is 0.352 e. The molecule has 8 nitrogen and oxygen atoms in total. The van der Waals surface area contributed by atoms with E-state index in [9.17, 15) is 9.59 Å². The van der Waals surface area contributed by atoms with Crippen LogP contribution in [0.3, 0.4) is 0 Å². The van der Waals surface area contributed by atoms with E-state index in [2.05, 4.69) is 34.7 Å². The molecule has 2 amide bonds. The quantitative estimate of drug-likeness (QED) is 0.670. The third-order valence-electron chi connectivity index (χ3n) is 6.18. The van der Waals surface area contributed by atoms with Crippen molar-refractivity contribution in [2.24, 2.45) is 11.3 Å². The zero-order valence-electron chi connectivity index (χ0n) is 16.9. The fourth-order valence-electron chi connectivity index (χ4n) is 3.92. The van der Waals surface area contributed by atoms with Crippen LogP contribution in [0.15, 0.2) is 43.0 Å². The Balaban J connectivity index is 1.33. The lowest BCUT2D eigenvalue weighted by molar-refractivity contribution is 0.0150. The molecule has 1 fully saturated rings. The second-order valence-electron chi connectivity index (χ2n) is 8.16. The Hall–Kier alpha value is -3.16. The van der Waals surface area contributed by atoms with Crippen molar-refractivity contribution < 1.29 is 9.59 Å². The number of aromatic nitrogens is 4. The van der Waals surface area contributed by atoms with Gasteiger partial charge >= 0.3 is 0 Å². The van der Waals surface area contributed by atoms with Crippen LogP contribution in [0, 0.1) is 11.3 Å².